The molecule has 0 aliphatic rings. The summed E-state index contributed by atoms with van der Waals surface area (Å²) < 4.78 is 1.79. The number of primary amides is 1. The van der Waals surface area contributed by atoms with Gasteiger partial charge in [0, 0.05) is 35.7 Å². The van der Waals surface area contributed by atoms with E-state index in [1.54, 1.807) is 35.4 Å². The molecule has 0 fully saturated rings. The lowest BCUT2D eigenvalue weighted by Gasteiger charge is -2.08. The smallest absolute Gasteiger partial charge is 0.267 e. The van der Waals surface area contributed by atoms with E-state index in [1.807, 2.05) is 36.5 Å². The fraction of sp³-hybridized carbons (Fsp3) is 0. The van der Waals surface area contributed by atoms with E-state index in [1.165, 1.54) is 0 Å². The van der Waals surface area contributed by atoms with Crippen molar-refractivity contribution in [2.24, 2.45) is 5.73 Å². The molecule has 0 bridgehead atoms. The summed E-state index contributed by atoms with van der Waals surface area (Å²) in [6, 6.07) is 13.2. The second kappa shape index (κ2) is 5.58. The van der Waals surface area contributed by atoms with Crippen LogP contribution in [0.4, 0.5) is 0 Å². The van der Waals surface area contributed by atoms with E-state index >= 15 is 0 Å². The number of nitrogens with two attached hydrogens (primary N) is 1. The largest absolute Gasteiger partial charge is 0.364 e. The Hall–Kier alpha value is -3.54. The Morgan fingerprint density at radius 3 is 2.58 bits per heavy atom. The molecule has 0 radical (unpaired) electrons. The molecular formula is C18H13N5O. The molecular weight excluding hydrogens is 302 g/mol. The molecule has 6 nitrogen and oxygen atoms in total. The van der Waals surface area contributed by atoms with E-state index < -0.39 is 5.91 Å². The van der Waals surface area contributed by atoms with Gasteiger partial charge in [0.05, 0.1) is 11.2 Å². The van der Waals surface area contributed by atoms with Crippen molar-refractivity contribution in [2.45, 2.75) is 0 Å². The summed E-state index contributed by atoms with van der Waals surface area (Å²) in [4.78, 5) is 20.1. The van der Waals surface area contributed by atoms with Crippen molar-refractivity contribution >= 4 is 16.8 Å². The third-order valence-corrected chi connectivity index (χ3v) is 3.80. The number of carbonyl (C=O) groups is 1. The summed E-state index contributed by atoms with van der Waals surface area (Å²) in [5.41, 5.74) is 9.05. The molecule has 24 heavy (non-hydrogen) atoms. The Labute approximate surface area is 137 Å². The van der Waals surface area contributed by atoms with E-state index in [-0.39, 0.29) is 5.69 Å². The van der Waals surface area contributed by atoms with Gasteiger partial charge in [0.25, 0.3) is 5.91 Å². The molecule has 0 saturated carbocycles. The van der Waals surface area contributed by atoms with Crippen molar-refractivity contribution in [3.8, 4) is 16.8 Å². The Morgan fingerprint density at radius 1 is 1.04 bits per heavy atom. The van der Waals surface area contributed by atoms with Crippen LogP contribution < -0.4 is 5.73 Å². The lowest BCUT2D eigenvalue weighted by molar-refractivity contribution is 0.0996. The third-order valence-electron chi connectivity index (χ3n) is 3.80. The first-order valence-electron chi connectivity index (χ1n) is 7.37. The quantitative estimate of drug-likeness (QED) is 0.629. The highest BCUT2D eigenvalue weighted by Gasteiger charge is 2.09. The van der Waals surface area contributed by atoms with Gasteiger partial charge in [-0.15, -0.1) is 0 Å². The van der Waals surface area contributed by atoms with Crippen LogP contribution in [-0.2, 0) is 0 Å². The number of nitrogens with zero attached hydrogens (tertiary/aromatic N) is 4. The number of pyridine rings is 2. The highest BCUT2D eigenvalue weighted by atomic mass is 16.1. The van der Waals surface area contributed by atoms with Crippen molar-refractivity contribution < 1.29 is 4.79 Å². The van der Waals surface area contributed by atoms with Gasteiger partial charge in [-0.2, -0.15) is 5.10 Å². The van der Waals surface area contributed by atoms with Crippen LogP contribution in [-0.4, -0.2) is 25.7 Å². The first-order valence-corrected chi connectivity index (χ1v) is 7.37. The van der Waals surface area contributed by atoms with Gasteiger partial charge >= 0.3 is 0 Å². The first-order chi connectivity index (χ1) is 11.7. The fourth-order valence-corrected chi connectivity index (χ4v) is 2.61. The van der Waals surface area contributed by atoms with Crippen LogP contribution in [0.1, 0.15) is 10.5 Å². The molecule has 4 aromatic rings. The summed E-state index contributed by atoms with van der Waals surface area (Å²) in [7, 11) is 0. The lowest BCUT2D eigenvalue weighted by Crippen LogP contribution is -2.12. The molecule has 1 aromatic carbocycles. The van der Waals surface area contributed by atoms with Crippen molar-refractivity contribution in [2.75, 3.05) is 0 Å². The van der Waals surface area contributed by atoms with Crippen molar-refractivity contribution in [3.63, 3.8) is 0 Å². The van der Waals surface area contributed by atoms with Gasteiger partial charge in [0.1, 0.15) is 5.69 Å². The van der Waals surface area contributed by atoms with Crippen molar-refractivity contribution in [1.29, 1.82) is 0 Å². The third kappa shape index (κ3) is 2.40. The summed E-state index contributed by atoms with van der Waals surface area (Å²) >= 11 is 0. The van der Waals surface area contributed by atoms with E-state index in [0.717, 1.165) is 22.2 Å². The number of rotatable bonds is 3. The minimum atomic E-state index is -0.548. The van der Waals surface area contributed by atoms with Crippen LogP contribution >= 0.6 is 0 Å². The molecule has 3 aromatic heterocycles. The molecule has 1 amide bonds. The zero-order chi connectivity index (χ0) is 16.5. The second-order valence-corrected chi connectivity index (χ2v) is 5.32. The molecule has 0 atom stereocenters. The number of benzene rings is 1. The molecule has 0 spiro atoms. The van der Waals surface area contributed by atoms with E-state index in [0.29, 0.717) is 5.52 Å². The summed E-state index contributed by atoms with van der Waals surface area (Å²) in [6.45, 7) is 0. The normalized spacial score (nSPS) is 10.8. The van der Waals surface area contributed by atoms with Gasteiger partial charge in [-0.25, -0.2) is 9.67 Å². The molecule has 0 unspecified atom stereocenters. The molecule has 6 heteroatoms. The number of carbonyl (C=O) groups excluding carboxylic acids is 1. The maximum absolute atomic E-state index is 11.4. The molecule has 0 aliphatic carbocycles. The topological polar surface area (TPSA) is 86.7 Å². The van der Waals surface area contributed by atoms with Gasteiger partial charge in [-0.3, -0.25) is 9.78 Å². The van der Waals surface area contributed by atoms with Crippen LogP contribution in [0.5, 0.6) is 0 Å². The number of fused-ring (bicyclic) bond motifs is 1. The lowest BCUT2D eigenvalue weighted by atomic mass is 10.0. The number of hydrogen-bond donors (Lipinski definition) is 1. The maximum atomic E-state index is 11.4. The van der Waals surface area contributed by atoms with Gasteiger partial charge in [0.2, 0.25) is 0 Å². The molecule has 116 valence electrons. The van der Waals surface area contributed by atoms with Crippen molar-refractivity contribution in [3.05, 3.63) is 72.9 Å². The zero-order valence-electron chi connectivity index (χ0n) is 12.6. The van der Waals surface area contributed by atoms with Crippen LogP contribution in [0.2, 0.25) is 0 Å². The minimum absolute atomic E-state index is 0.239. The van der Waals surface area contributed by atoms with Gasteiger partial charge in [0.15, 0.2) is 0 Å². The summed E-state index contributed by atoms with van der Waals surface area (Å²) in [6.07, 6.45) is 7.07. The first kappa shape index (κ1) is 14.1. The SMILES string of the molecule is NC(=O)c1ccc2cncc(-c3ccc(-n4cccn4)cc3)c2n1. The molecule has 3 heterocycles. The maximum Gasteiger partial charge on any atom is 0.267 e. The van der Waals surface area contributed by atoms with Crippen LogP contribution in [0.25, 0.3) is 27.7 Å². The van der Waals surface area contributed by atoms with Crippen LogP contribution in [0, 0.1) is 0 Å². The standard InChI is InChI=1S/C18H13N5O/c19-18(24)16-7-4-13-10-20-11-15(17(13)22-16)12-2-5-14(6-3-12)23-9-1-8-21-23/h1-11H,(H2,19,24). The highest BCUT2D eigenvalue weighted by Crippen LogP contribution is 2.27. The highest BCUT2D eigenvalue weighted by molar-refractivity contribution is 5.97. The number of amides is 1. The van der Waals surface area contributed by atoms with Gasteiger partial charge < -0.3 is 5.73 Å². The van der Waals surface area contributed by atoms with Crippen LogP contribution in [0.3, 0.4) is 0 Å². The zero-order valence-corrected chi connectivity index (χ0v) is 12.6. The minimum Gasteiger partial charge on any atom is -0.364 e. The summed E-state index contributed by atoms with van der Waals surface area (Å²) in [5, 5.41) is 5.07. The Kier molecular flexibility index (Phi) is 3.28. The molecule has 4 rings (SSSR count). The average molecular weight is 315 g/mol. The van der Waals surface area contributed by atoms with E-state index in [2.05, 4.69) is 15.1 Å². The summed E-state index contributed by atoms with van der Waals surface area (Å²) in [5.74, 6) is -0.548. The Morgan fingerprint density at radius 2 is 1.88 bits per heavy atom. The molecule has 0 saturated heterocycles. The Balaban J connectivity index is 1.83. The number of hydrogen-bond acceptors (Lipinski definition) is 4. The predicted molar refractivity (Wildman–Crippen MR) is 90.6 cm³/mol. The second-order valence-electron chi connectivity index (χ2n) is 5.32. The number of aromatic nitrogens is 4. The molecule has 0 aliphatic heterocycles. The fourth-order valence-electron chi connectivity index (χ4n) is 2.61. The van der Waals surface area contributed by atoms with E-state index in [9.17, 15) is 4.79 Å². The van der Waals surface area contributed by atoms with Crippen LogP contribution in [0.15, 0.2) is 67.3 Å². The van der Waals surface area contributed by atoms with E-state index in [4.69, 9.17) is 5.73 Å². The van der Waals surface area contributed by atoms with Gasteiger partial charge in [-0.05, 0) is 35.9 Å². The molecule has 2 N–H and O–H groups in total. The van der Waals surface area contributed by atoms with Gasteiger partial charge in [-0.1, -0.05) is 12.1 Å². The Bertz CT molecular complexity index is 1020. The predicted octanol–water partition coefficient (Wildman–Crippen LogP) is 2.58. The monoisotopic (exact) mass is 315 g/mol. The van der Waals surface area contributed by atoms with Crippen molar-refractivity contribution in [1.82, 2.24) is 19.7 Å². The average Bonchev–Trinajstić information content (AvgIpc) is 3.15.